The zero-order valence-electron chi connectivity index (χ0n) is 21.4. The van der Waals surface area contributed by atoms with Gasteiger partial charge in [-0.25, -0.2) is 9.78 Å². The van der Waals surface area contributed by atoms with E-state index >= 15 is 0 Å². The summed E-state index contributed by atoms with van der Waals surface area (Å²) < 4.78 is 5.92. The highest BCUT2D eigenvalue weighted by molar-refractivity contribution is 6.30. The van der Waals surface area contributed by atoms with Gasteiger partial charge < -0.3 is 9.84 Å². The Labute approximate surface area is 223 Å². The molecule has 0 saturated carbocycles. The topological polar surface area (TPSA) is 65.9 Å². The summed E-state index contributed by atoms with van der Waals surface area (Å²) in [6.45, 7) is 8.73. The van der Waals surface area contributed by atoms with Crippen molar-refractivity contribution in [2.75, 3.05) is 26.2 Å². The third kappa shape index (κ3) is 7.25. The third-order valence-corrected chi connectivity index (χ3v) is 6.60. The van der Waals surface area contributed by atoms with Gasteiger partial charge in [0, 0.05) is 53.6 Å². The van der Waals surface area contributed by atoms with Crippen molar-refractivity contribution in [3.63, 3.8) is 0 Å². The number of carbonyl (C=O) groups is 1. The Bertz CT molecular complexity index is 1260. The summed E-state index contributed by atoms with van der Waals surface area (Å²) >= 11 is 5.96. The van der Waals surface area contributed by atoms with Crippen LogP contribution in [0.1, 0.15) is 38.4 Å². The fourth-order valence-electron chi connectivity index (χ4n) is 4.56. The molecule has 1 aliphatic heterocycles. The summed E-state index contributed by atoms with van der Waals surface area (Å²) in [5.41, 5.74) is 3.25. The van der Waals surface area contributed by atoms with Crippen LogP contribution < -0.4 is 4.74 Å². The lowest BCUT2D eigenvalue weighted by Gasteiger charge is -2.38. The molecule has 2 heterocycles. The number of amides is 1. The smallest absolute Gasteiger partial charge is 0.408 e. The maximum absolute atomic E-state index is 11.7. The molecule has 192 valence electrons. The van der Waals surface area contributed by atoms with Crippen molar-refractivity contribution in [1.82, 2.24) is 14.8 Å². The van der Waals surface area contributed by atoms with Gasteiger partial charge in [-0.05, 0) is 81.1 Å². The standard InChI is InChI=1S/C30H32ClN3O3/c1-30(2,3)34(29(35)36)27-16-17-33(21-27)18-19-37-28-14-5-22(6-15-28)4-12-26-13-9-24(20-32-26)23-7-10-25(31)11-8-23/h5-11,13-15,20,27H,16-19,21H2,1-3H3,(H,35,36). The minimum Gasteiger partial charge on any atom is -0.492 e. The highest BCUT2D eigenvalue weighted by Gasteiger charge is 2.37. The number of halogens is 1. The van der Waals surface area contributed by atoms with Crippen molar-refractivity contribution < 1.29 is 14.6 Å². The van der Waals surface area contributed by atoms with Gasteiger partial charge in [0.1, 0.15) is 18.1 Å². The highest BCUT2D eigenvalue weighted by atomic mass is 35.5. The molecule has 1 unspecified atom stereocenters. The second kappa shape index (κ2) is 11.7. The number of carboxylic acid groups (broad SMARTS) is 1. The first-order valence-electron chi connectivity index (χ1n) is 12.4. The van der Waals surface area contributed by atoms with Crippen molar-refractivity contribution in [1.29, 1.82) is 0 Å². The van der Waals surface area contributed by atoms with E-state index in [1.54, 1.807) is 4.90 Å². The van der Waals surface area contributed by atoms with Crippen LogP contribution in [0.25, 0.3) is 11.1 Å². The molecule has 1 aromatic heterocycles. The lowest BCUT2D eigenvalue weighted by Crippen LogP contribution is -2.52. The van der Waals surface area contributed by atoms with Gasteiger partial charge in [0.15, 0.2) is 0 Å². The summed E-state index contributed by atoms with van der Waals surface area (Å²) in [7, 11) is 0. The van der Waals surface area contributed by atoms with Crippen LogP contribution in [0.5, 0.6) is 5.75 Å². The molecule has 1 saturated heterocycles. The summed E-state index contributed by atoms with van der Waals surface area (Å²) in [5, 5.41) is 10.3. The molecule has 4 rings (SSSR count). The molecule has 7 heteroatoms. The number of rotatable bonds is 6. The molecule has 0 aliphatic carbocycles. The molecular formula is C30H32ClN3O3. The van der Waals surface area contributed by atoms with Crippen molar-refractivity contribution >= 4 is 17.7 Å². The number of hydrogen-bond acceptors (Lipinski definition) is 4. The molecule has 3 aromatic rings. The average Bonchev–Trinajstić information content (AvgIpc) is 3.31. The molecule has 6 nitrogen and oxygen atoms in total. The molecule has 1 amide bonds. The molecule has 1 N–H and O–H groups in total. The van der Waals surface area contributed by atoms with E-state index in [2.05, 4.69) is 21.7 Å². The molecule has 2 aromatic carbocycles. The van der Waals surface area contributed by atoms with E-state index in [1.807, 2.05) is 87.6 Å². The summed E-state index contributed by atoms with van der Waals surface area (Å²) in [5.74, 6) is 7.04. The Balaban J connectivity index is 1.25. The lowest BCUT2D eigenvalue weighted by atomic mass is 10.0. The van der Waals surface area contributed by atoms with Gasteiger partial charge in [0.2, 0.25) is 0 Å². The van der Waals surface area contributed by atoms with E-state index in [1.165, 1.54) is 0 Å². The van der Waals surface area contributed by atoms with Gasteiger partial charge in [-0.1, -0.05) is 35.7 Å². The summed E-state index contributed by atoms with van der Waals surface area (Å²) in [6.07, 6.45) is 1.80. The molecule has 0 bridgehead atoms. The zero-order valence-corrected chi connectivity index (χ0v) is 22.2. The minimum atomic E-state index is -0.857. The maximum Gasteiger partial charge on any atom is 0.408 e. The Morgan fingerprint density at radius 2 is 1.78 bits per heavy atom. The number of ether oxygens (including phenoxy) is 1. The van der Waals surface area contributed by atoms with Crippen LogP contribution in [0.2, 0.25) is 5.02 Å². The molecule has 37 heavy (non-hydrogen) atoms. The van der Waals surface area contributed by atoms with E-state index < -0.39 is 11.6 Å². The number of hydrogen-bond donors (Lipinski definition) is 1. The van der Waals surface area contributed by atoms with Gasteiger partial charge in [-0.3, -0.25) is 9.80 Å². The Kier molecular flexibility index (Phi) is 8.38. The van der Waals surface area contributed by atoms with Crippen molar-refractivity contribution in [2.45, 2.75) is 38.8 Å². The maximum atomic E-state index is 11.7. The SMILES string of the molecule is CC(C)(C)N(C(=O)O)C1CCN(CCOc2ccc(C#Cc3ccc(-c4ccc(Cl)cc4)cn3)cc2)C1. The predicted octanol–water partition coefficient (Wildman–Crippen LogP) is 6.03. The number of aromatic nitrogens is 1. The second-order valence-corrected chi connectivity index (χ2v) is 10.6. The van der Waals surface area contributed by atoms with Crippen molar-refractivity contribution in [3.05, 3.63) is 83.1 Å². The van der Waals surface area contributed by atoms with Crippen LogP contribution in [-0.4, -0.2) is 63.8 Å². The van der Waals surface area contributed by atoms with Crippen molar-refractivity contribution in [2.24, 2.45) is 0 Å². The molecule has 1 fully saturated rings. The summed E-state index contributed by atoms with van der Waals surface area (Å²) in [4.78, 5) is 20.0. The first-order valence-corrected chi connectivity index (χ1v) is 12.8. The number of pyridine rings is 1. The van der Waals surface area contributed by atoms with Gasteiger partial charge in [0.05, 0.1) is 0 Å². The van der Waals surface area contributed by atoms with E-state index in [4.69, 9.17) is 16.3 Å². The number of likely N-dealkylation sites (tertiary alicyclic amines) is 1. The van der Waals surface area contributed by atoms with Crippen LogP contribution >= 0.6 is 11.6 Å². The molecule has 1 aliphatic rings. The molecule has 1 atom stereocenters. The second-order valence-electron chi connectivity index (χ2n) is 10.1. The van der Waals surface area contributed by atoms with Crippen LogP contribution in [-0.2, 0) is 0 Å². The Morgan fingerprint density at radius 3 is 2.41 bits per heavy atom. The Morgan fingerprint density at radius 1 is 1.08 bits per heavy atom. The first-order chi connectivity index (χ1) is 17.7. The van der Waals surface area contributed by atoms with Gasteiger partial charge in [-0.15, -0.1) is 0 Å². The predicted molar refractivity (Wildman–Crippen MR) is 147 cm³/mol. The molecular weight excluding hydrogens is 486 g/mol. The van der Waals surface area contributed by atoms with Crippen molar-refractivity contribution in [3.8, 4) is 28.7 Å². The van der Waals surface area contributed by atoms with Crippen LogP contribution in [0.3, 0.4) is 0 Å². The average molecular weight is 518 g/mol. The largest absolute Gasteiger partial charge is 0.492 e. The van der Waals surface area contributed by atoms with Gasteiger partial charge in [-0.2, -0.15) is 0 Å². The van der Waals surface area contributed by atoms with Crippen LogP contribution in [0, 0.1) is 11.8 Å². The van der Waals surface area contributed by atoms with Crippen LogP contribution in [0.4, 0.5) is 4.79 Å². The highest BCUT2D eigenvalue weighted by Crippen LogP contribution is 2.24. The van der Waals surface area contributed by atoms with Gasteiger partial charge >= 0.3 is 6.09 Å². The minimum absolute atomic E-state index is 0.0125. The van der Waals surface area contributed by atoms with E-state index in [0.717, 1.165) is 48.5 Å². The monoisotopic (exact) mass is 517 g/mol. The molecule has 0 spiro atoms. The number of benzene rings is 2. The molecule has 0 radical (unpaired) electrons. The third-order valence-electron chi connectivity index (χ3n) is 6.35. The first kappa shape index (κ1) is 26.5. The van der Waals surface area contributed by atoms with Gasteiger partial charge in [0.25, 0.3) is 0 Å². The zero-order chi connectivity index (χ0) is 26.4. The summed E-state index contributed by atoms with van der Waals surface area (Å²) in [6, 6.07) is 19.3. The van der Waals surface area contributed by atoms with E-state index in [9.17, 15) is 9.90 Å². The normalized spacial score (nSPS) is 15.6. The quantitative estimate of drug-likeness (QED) is 0.404. The lowest BCUT2D eigenvalue weighted by molar-refractivity contribution is 0.0716. The van der Waals surface area contributed by atoms with Crippen LogP contribution in [0.15, 0.2) is 66.9 Å². The Hall–Kier alpha value is -3.53. The van der Waals surface area contributed by atoms with E-state index in [-0.39, 0.29) is 6.04 Å². The fourth-order valence-corrected chi connectivity index (χ4v) is 4.69. The number of nitrogens with zero attached hydrogens (tertiary/aromatic N) is 3. The fraction of sp³-hybridized carbons (Fsp3) is 0.333. The van der Waals surface area contributed by atoms with E-state index in [0.29, 0.717) is 17.3 Å².